The van der Waals surface area contributed by atoms with Crippen LogP contribution in [-0.2, 0) is 0 Å². The van der Waals surface area contributed by atoms with Gasteiger partial charge in [0.05, 0.1) is 5.56 Å². The third-order valence-corrected chi connectivity index (χ3v) is 2.44. The summed E-state index contributed by atoms with van der Waals surface area (Å²) >= 11 is 0. The number of amides is 1. The second-order valence-electron chi connectivity index (χ2n) is 3.99. The van der Waals surface area contributed by atoms with Crippen LogP contribution in [0.4, 0.5) is 4.39 Å². The number of rotatable bonds is 5. The van der Waals surface area contributed by atoms with Crippen LogP contribution < -0.4 is 5.32 Å². The standard InChI is InChI=1S/C12H16FNO3/c1-8(4-5-15)7-14-12(17)10-6-9(13)2-3-11(10)16/h2-3,6,8,15-16H,4-5,7H2,1H3,(H,14,17). The van der Waals surface area contributed by atoms with Gasteiger partial charge < -0.3 is 15.5 Å². The number of carbonyl (C=O) groups is 1. The fraction of sp³-hybridized carbons (Fsp3) is 0.417. The van der Waals surface area contributed by atoms with Crippen LogP contribution in [0.1, 0.15) is 23.7 Å². The van der Waals surface area contributed by atoms with E-state index in [9.17, 15) is 14.3 Å². The smallest absolute Gasteiger partial charge is 0.255 e. The normalized spacial score (nSPS) is 12.2. The summed E-state index contributed by atoms with van der Waals surface area (Å²) in [5.74, 6) is -1.22. The Morgan fingerprint density at radius 1 is 1.53 bits per heavy atom. The third kappa shape index (κ3) is 4.03. The zero-order valence-electron chi connectivity index (χ0n) is 9.61. The molecule has 0 aliphatic carbocycles. The number of nitrogens with one attached hydrogen (secondary N) is 1. The van der Waals surface area contributed by atoms with E-state index < -0.39 is 11.7 Å². The van der Waals surface area contributed by atoms with Crippen molar-refractivity contribution in [1.29, 1.82) is 0 Å². The van der Waals surface area contributed by atoms with Crippen molar-refractivity contribution in [1.82, 2.24) is 5.32 Å². The molecule has 1 amide bonds. The van der Waals surface area contributed by atoms with Crippen LogP contribution in [0.3, 0.4) is 0 Å². The van der Waals surface area contributed by atoms with Gasteiger partial charge in [-0.2, -0.15) is 0 Å². The number of hydrogen-bond donors (Lipinski definition) is 3. The first-order chi connectivity index (χ1) is 8.04. The van der Waals surface area contributed by atoms with Gasteiger partial charge in [0.15, 0.2) is 0 Å². The van der Waals surface area contributed by atoms with Gasteiger partial charge in [0.1, 0.15) is 11.6 Å². The fourth-order valence-corrected chi connectivity index (χ4v) is 1.37. The number of hydrogen-bond acceptors (Lipinski definition) is 3. The molecule has 0 aromatic heterocycles. The highest BCUT2D eigenvalue weighted by Crippen LogP contribution is 2.17. The van der Waals surface area contributed by atoms with Crippen molar-refractivity contribution in [3.8, 4) is 5.75 Å². The molecule has 0 aliphatic heterocycles. The van der Waals surface area contributed by atoms with E-state index in [1.54, 1.807) is 0 Å². The van der Waals surface area contributed by atoms with Crippen LogP contribution in [0.25, 0.3) is 0 Å². The van der Waals surface area contributed by atoms with Gasteiger partial charge >= 0.3 is 0 Å². The highest BCUT2D eigenvalue weighted by Gasteiger charge is 2.12. The van der Waals surface area contributed by atoms with Gasteiger partial charge in [-0.05, 0) is 30.5 Å². The molecular weight excluding hydrogens is 225 g/mol. The van der Waals surface area contributed by atoms with Gasteiger partial charge in [-0.3, -0.25) is 4.79 Å². The van der Waals surface area contributed by atoms with Crippen LogP contribution in [0.5, 0.6) is 5.75 Å². The number of benzene rings is 1. The number of halogens is 1. The molecule has 0 radical (unpaired) electrons. The van der Waals surface area contributed by atoms with Crippen molar-refractivity contribution >= 4 is 5.91 Å². The van der Waals surface area contributed by atoms with Crippen LogP contribution in [0.2, 0.25) is 0 Å². The molecule has 5 heteroatoms. The minimum Gasteiger partial charge on any atom is -0.507 e. The number of phenols is 1. The lowest BCUT2D eigenvalue weighted by atomic mass is 10.1. The van der Waals surface area contributed by atoms with Gasteiger partial charge in [-0.25, -0.2) is 4.39 Å². The van der Waals surface area contributed by atoms with Crippen LogP contribution in [0, 0.1) is 11.7 Å². The van der Waals surface area contributed by atoms with Crippen molar-refractivity contribution < 1.29 is 19.4 Å². The van der Waals surface area contributed by atoms with Crippen molar-refractivity contribution in [3.63, 3.8) is 0 Å². The Morgan fingerprint density at radius 3 is 2.88 bits per heavy atom. The van der Waals surface area contributed by atoms with Gasteiger partial charge in [-0.15, -0.1) is 0 Å². The summed E-state index contributed by atoms with van der Waals surface area (Å²) in [5, 5.41) is 20.7. The maximum atomic E-state index is 12.9. The molecule has 0 aliphatic rings. The number of aromatic hydroxyl groups is 1. The lowest BCUT2D eigenvalue weighted by Crippen LogP contribution is -2.28. The number of carbonyl (C=O) groups excluding carboxylic acids is 1. The van der Waals surface area contributed by atoms with E-state index in [0.29, 0.717) is 13.0 Å². The van der Waals surface area contributed by atoms with Crippen LogP contribution in [-0.4, -0.2) is 29.3 Å². The van der Waals surface area contributed by atoms with Gasteiger partial charge in [0.25, 0.3) is 5.91 Å². The molecule has 4 nitrogen and oxygen atoms in total. The number of phenolic OH excluding ortho intramolecular Hbond substituents is 1. The summed E-state index contributed by atoms with van der Waals surface area (Å²) in [7, 11) is 0. The average molecular weight is 241 g/mol. The third-order valence-electron chi connectivity index (χ3n) is 2.44. The first kappa shape index (κ1) is 13.4. The number of aliphatic hydroxyl groups excluding tert-OH is 1. The van der Waals surface area contributed by atoms with Crippen molar-refractivity contribution in [2.24, 2.45) is 5.92 Å². The largest absolute Gasteiger partial charge is 0.507 e. The summed E-state index contributed by atoms with van der Waals surface area (Å²) in [6.45, 7) is 2.31. The van der Waals surface area contributed by atoms with E-state index in [-0.39, 0.29) is 23.8 Å². The monoisotopic (exact) mass is 241 g/mol. The lowest BCUT2D eigenvalue weighted by Gasteiger charge is -2.11. The molecule has 0 saturated heterocycles. The Balaban J connectivity index is 2.61. The highest BCUT2D eigenvalue weighted by atomic mass is 19.1. The second kappa shape index (κ2) is 6.20. The predicted molar refractivity (Wildman–Crippen MR) is 61.3 cm³/mol. The van der Waals surface area contributed by atoms with E-state index in [4.69, 9.17) is 5.11 Å². The molecule has 3 N–H and O–H groups in total. The summed E-state index contributed by atoms with van der Waals surface area (Å²) in [6, 6.07) is 3.21. The van der Waals surface area contributed by atoms with Gasteiger partial charge in [0, 0.05) is 13.2 Å². The van der Waals surface area contributed by atoms with Crippen molar-refractivity contribution in [3.05, 3.63) is 29.6 Å². The molecule has 1 atom stereocenters. The summed E-state index contributed by atoms with van der Waals surface area (Å²) < 4.78 is 12.9. The van der Waals surface area contributed by atoms with Crippen LogP contribution in [0.15, 0.2) is 18.2 Å². The minimum absolute atomic E-state index is 0.0578. The molecule has 1 unspecified atom stereocenters. The SMILES string of the molecule is CC(CCO)CNC(=O)c1cc(F)ccc1O. The topological polar surface area (TPSA) is 69.6 Å². The molecule has 94 valence electrons. The van der Waals surface area contributed by atoms with Gasteiger partial charge in [-0.1, -0.05) is 6.92 Å². The molecule has 0 heterocycles. The zero-order valence-corrected chi connectivity index (χ0v) is 9.61. The van der Waals surface area contributed by atoms with E-state index in [0.717, 1.165) is 18.2 Å². The summed E-state index contributed by atoms with van der Waals surface area (Å²) in [4.78, 5) is 11.6. The zero-order chi connectivity index (χ0) is 12.8. The molecule has 1 aromatic rings. The Bertz CT molecular complexity index is 395. The predicted octanol–water partition coefficient (Wildman–Crippen LogP) is 1.28. The van der Waals surface area contributed by atoms with Crippen molar-refractivity contribution in [2.75, 3.05) is 13.2 Å². The molecule has 1 aromatic carbocycles. The Labute approximate surface area is 99.1 Å². The molecule has 0 saturated carbocycles. The van der Waals surface area contributed by atoms with E-state index in [2.05, 4.69) is 5.32 Å². The first-order valence-electron chi connectivity index (χ1n) is 5.42. The molecule has 0 bridgehead atoms. The quantitative estimate of drug-likeness (QED) is 0.727. The van der Waals surface area contributed by atoms with Crippen LogP contribution >= 0.6 is 0 Å². The minimum atomic E-state index is -0.573. The highest BCUT2D eigenvalue weighted by molar-refractivity contribution is 5.96. The second-order valence-corrected chi connectivity index (χ2v) is 3.99. The molecular formula is C12H16FNO3. The van der Waals surface area contributed by atoms with Crippen molar-refractivity contribution in [2.45, 2.75) is 13.3 Å². The summed E-state index contributed by atoms with van der Waals surface area (Å²) in [5.41, 5.74) is -0.0822. The van der Waals surface area contributed by atoms with E-state index in [1.807, 2.05) is 6.92 Å². The maximum Gasteiger partial charge on any atom is 0.255 e. The average Bonchev–Trinajstić information content (AvgIpc) is 2.29. The Hall–Kier alpha value is -1.62. The number of aliphatic hydroxyl groups is 1. The van der Waals surface area contributed by atoms with Gasteiger partial charge in [0.2, 0.25) is 0 Å². The Kier molecular flexibility index (Phi) is 4.90. The Morgan fingerprint density at radius 2 is 2.24 bits per heavy atom. The summed E-state index contributed by atoms with van der Waals surface area (Å²) in [6.07, 6.45) is 0.579. The molecule has 1 rings (SSSR count). The molecule has 0 fully saturated rings. The fourth-order valence-electron chi connectivity index (χ4n) is 1.37. The van der Waals surface area contributed by atoms with E-state index in [1.165, 1.54) is 0 Å². The van der Waals surface area contributed by atoms with E-state index >= 15 is 0 Å². The maximum absolute atomic E-state index is 12.9. The molecule has 0 spiro atoms. The lowest BCUT2D eigenvalue weighted by molar-refractivity contribution is 0.0942. The first-order valence-corrected chi connectivity index (χ1v) is 5.42. The molecule has 17 heavy (non-hydrogen) atoms.